The van der Waals surface area contributed by atoms with Crippen molar-refractivity contribution in [2.45, 2.75) is 38.8 Å². The highest BCUT2D eigenvalue weighted by atomic mass is 16.5. The number of aliphatic hydroxyl groups is 1. The zero-order chi connectivity index (χ0) is 18.0. The maximum Gasteiger partial charge on any atom is 0.282 e. The lowest BCUT2D eigenvalue weighted by molar-refractivity contribution is -0.110. The Morgan fingerprint density at radius 2 is 2.08 bits per heavy atom. The van der Waals surface area contributed by atoms with Crippen LogP contribution in [0.15, 0.2) is 16.4 Å². The third-order valence-corrected chi connectivity index (χ3v) is 4.51. The molecule has 25 heavy (non-hydrogen) atoms. The molecule has 0 spiro atoms. The number of tetrazole rings is 1. The van der Waals surface area contributed by atoms with E-state index in [9.17, 15) is 9.90 Å². The van der Waals surface area contributed by atoms with Crippen LogP contribution in [0.3, 0.4) is 0 Å². The fourth-order valence-corrected chi connectivity index (χ4v) is 3.29. The lowest BCUT2D eigenvalue weighted by Gasteiger charge is -2.33. The Labute approximate surface area is 145 Å². The van der Waals surface area contributed by atoms with Crippen LogP contribution in [0.1, 0.15) is 32.6 Å². The van der Waals surface area contributed by atoms with E-state index in [1.807, 2.05) is 6.92 Å². The van der Waals surface area contributed by atoms with Gasteiger partial charge in [-0.25, -0.2) is 4.68 Å². The van der Waals surface area contributed by atoms with E-state index >= 15 is 0 Å². The van der Waals surface area contributed by atoms with E-state index in [0.29, 0.717) is 12.4 Å². The first-order chi connectivity index (χ1) is 12.0. The SMILES string of the molecule is CCOC1=C(C2CCCC2)C(O)N(C)N=C1C(=O)Nc1nnnn1C. The van der Waals surface area contributed by atoms with Crippen LogP contribution in [0.25, 0.3) is 0 Å². The summed E-state index contributed by atoms with van der Waals surface area (Å²) < 4.78 is 7.10. The lowest BCUT2D eigenvalue weighted by Crippen LogP contribution is -2.42. The molecule has 2 heterocycles. The van der Waals surface area contributed by atoms with E-state index in [4.69, 9.17) is 4.74 Å². The summed E-state index contributed by atoms with van der Waals surface area (Å²) in [4.78, 5) is 12.7. The predicted octanol–water partition coefficient (Wildman–Crippen LogP) is 0.249. The van der Waals surface area contributed by atoms with E-state index in [2.05, 4.69) is 25.9 Å². The molecular weight excluding hydrogens is 326 g/mol. The van der Waals surface area contributed by atoms with Gasteiger partial charge in [0.2, 0.25) is 5.95 Å². The second-order valence-corrected chi connectivity index (χ2v) is 6.18. The summed E-state index contributed by atoms with van der Waals surface area (Å²) in [6.07, 6.45) is 3.26. The topological polar surface area (TPSA) is 118 Å². The molecule has 3 rings (SSSR count). The minimum absolute atomic E-state index is 0.125. The molecule has 136 valence electrons. The number of carbonyl (C=O) groups is 1. The number of aryl methyl sites for hydroxylation is 1. The highest BCUT2D eigenvalue weighted by molar-refractivity contribution is 6.48. The van der Waals surface area contributed by atoms with Gasteiger partial charge in [-0.3, -0.25) is 15.1 Å². The number of amides is 1. The monoisotopic (exact) mass is 349 g/mol. The number of hydrogen-bond acceptors (Lipinski definition) is 8. The minimum Gasteiger partial charge on any atom is -0.491 e. The summed E-state index contributed by atoms with van der Waals surface area (Å²) in [5, 5.41) is 29.8. The van der Waals surface area contributed by atoms with Crippen LogP contribution in [-0.4, -0.2) is 61.8 Å². The summed E-state index contributed by atoms with van der Waals surface area (Å²) >= 11 is 0. The fraction of sp³-hybridized carbons (Fsp3) is 0.667. The van der Waals surface area contributed by atoms with Crippen molar-refractivity contribution in [2.75, 3.05) is 19.0 Å². The van der Waals surface area contributed by atoms with Gasteiger partial charge in [0.25, 0.3) is 5.91 Å². The van der Waals surface area contributed by atoms with Gasteiger partial charge in [-0.15, -0.1) is 0 Å². The Morgan fingerprint density at radius 3 is 2.68 bits per heavy atom. The zero-order valence-electron chi connectivity index (χ0n) is 14.6. The second-order valence-electron chi connectivity index (χ2n) is 6.18. The highest BCUT2D eigenvalue weighted by Crippen LogP contribution is 2.37. The molecular formula is C15H23N7O3. The van der Waals surface area contributed by atoms with Gasteiger partial charge in [0.15, 0.2) is 17.7 Å². The van der Waals surface area contributed by atoms with Crippen molar-refractivity contribution in [2.24, 2.45) is 18.1 Å². The Balaban J connectivity index is 1.95. The third-order valence-electron chi connectivity index (χ3n) is 4.51. The van der Waals surface area contributed by atoms with E-state index in [0.717, 1.165) is 31.3 Å². The standard InChI is InChI=1S/C15H23N7O3/c1-4-25-12-10(9-7-5-6-8-9)14(24)21(2)18-11(12)13(23)16-15-17-19-20-22(15)3/h9,14,24H,4-8H2,1-3H3,(H,16,17,20,23). The summed E-state index contributed by atoms with van der Waals surface area (Å²) in [6.45, 7) is 2.21. The number of rotatable bonds is 5. The Bertz CT molecular complexity index is 706. The average molecular weight is 349 g/mol. The van der Waals surface area contributed by atoms with Crippen molar-refractivity contribution in [1.82, 2.24) is 25.2 Å². The van der Waals surface area contributed by atoms with Gasteiger partial charge in [0.05, 0.1) is 6.61 Å². The van der Waals surface area contributed by atoms with Crippen molar-refractivity contribution in [3.63, 3.8) is 0 Å². The molecule has 1 unspecified atom stereocenters. The molecule has 1 aliphatic carbocycles. The molecule has 2 N–H and O–H groups in total. The number of ether oxygens (including phenoxy) is 1. The van der Waals surface area contributed by atoms with E-state index in [1.165, 1.54) is 9.69 Å². The van der Waals surface area contributed by atoms with Crippen LogP contribution >= 0.6 is 0 Å². The van der Waals surface area contributed by atoms with Crippen LogP contribution in [0.2, 0.25) is 0 Å². The molecule has 0 bridgehead atoms. The van der Waals surface area contributed by atoms with Gasteiger partial charge >= 0.3 is 0 Å². The van der Waals surface area contributed by atoms with Crippen LogP contribution in [-0.2, 0) is 16.6 Å². The van der Waals surface area contributed by atoms with Crippen molar-refractivity contribution < 1.29 is 14.6 Å². The number of nitrogens with one attached hydrogen (secondary N) is 1. The van der Waals surface area contributed by atoms with Crippen molar-refractivity contribution >= 4 is 17.6 Å². The maximum atomic E-state index is 12.7. The molecule has 0 radical (unpaired) electrons. The summed E-state index contributed by atoms with van der Waals surface area (Å²) in [5.41, 5.74) is 0.859. The number of likely N-dealkylation sites (N-methyl/N-ethyl adjacent to an activating group) is 1. The third kappa shape index (κ3) is 3.34. The number of hydrogen-bond donors (Lipinski definition) is 2. The van der Waals surface area contributed by atoms with Gasteiger partial charge in [0, 0.05) is 19.7 Å². The molecule has 1 amide bonds. The van der Waals surface area contributed by atoms with Gasteiger partial charge in [-0.05, 0) is 36.1 Å². The molecule has 0 saturated heterocycles. The summed E-state index contributed by atoms with van der Waals surface area (Å²) in [5.74, 6) is 0.289. The first-order valence-corrected chi connectivity index (χ1v) is 8.43. The number of aromatic nitrogens is 4. The van der Waals surface area contributed by atoms with Crippen LogP contribution in [0, 0.1) is 5.92 Å². The fourth-order valence-electron chi connectivity index (χ4n) is 3.29. The molecule has 1 fully saturated rings. The normalized spacial score (nSPS) is 21.5. The van der Waals surface area contributed by atoms with Crippen molar-refractivity contribution in [1.29, 1.82) is 0 Å². The maximum absolute atomic E-state index is 12.7. The molecule has 1 saturated carbocycles. The van der Waals surface area contributed by atoms with E-state index in [-0.39, 0.29) is 17.6 Å². The number of nitrogens with zero attached hydrogens (tertiary/aromatic N) is 6. The minimum atomic E-state index is -0.891. The quantitative estimate of drug-likeness (QED) is 0.782. The highest BCUT2D eigenvalue weighted by Gasteiger charge is 2.38. The molecule has 1 aromatic heterocycles. The first kappa shape index (κ1) is 17.3. The Hall–Kier alpha value is -2.49. The number of aliphatic hydroxyl groups excluding tert-OH is 1. The van der Waals surface area contributed by atoms with E-state index in [1.54, 1.807) is 14.1 Å². The van der Waals surface area contributed by atoms with Crippen LogP contribution in [0.4, 0.5) is 5.95 Å². The van der Waals surface area contributed by atoms with Gasteiger partial charge in [0.1, 0.15) is 0 Å². The van der Waals surface area contributed by atoms with E-state index < -0.39 is 12.1 Å². The van der Waals surface area contributed by atoms with Crippen LogP contribution in [0.5, 0.6) is 0 Å². The number of anilines is 1. The molecule has 0 aromatic carbocycles. The molecule has 1 atom stereocenters. The van der Waals surface area contributed by atoms with Gasteiger partial charge in [-0.1, -0.05) is 17.9 Å². The smallest absolute Gasteiger partial charge is 0.282 e. The molecule has 1 aliphatic heterocycles. The number of hydrazone groups is 1. The van der Waals surface area contributed by atoms with Crippen LogP contribution < -0.4 is 5.32 Å². The molecule has 10 heteroatoms. The van der Waals surface area contributed by atoms with Crippen molar-refractivity contribution in [3.8, 4) is 0 Å². The predicted molar refractivity (Wildman–Crippen MR) is 89.2 cm³/mol. The van der Waals surface area contributed by atoms with Gasteiger partial charge in [-0.2, -0.15) is 5.10 Å². The average Bonchev–Trinajstić information content (AvgIpc) is 3.24. The Kier molecular flexibility index (Phi) is 4.98. The molecule has 2 aliphatic rings. The lowest BCUT2D eigenvalue weighted by atomic mass is 9.92. The molecule has 1 aromatic rings. The number of carbonyl (C=O) groups excluding carboxylic acids is 1. The zero-order valence-corrected chi connectivity index (χ0v) is 14.6. The van der Waals surface area contributed by atoms with Gasteiger partial charge < -0.3 is 9.84 Å². The Morgan fingerprint density at radius 1 is 1.36 bits per heavy atom. The first-order valence-electron chi connectivity index (χ1n) is 8.43. The second kappa shape index (κ2) is 7.18. The summed E-state index contributed by atoms with van der Waals surface area (Å²) in [6, 6.07) is 0. The largest absolute Gasteiger partial charge is 0.491 e. The summed E-state index contributed by atoms with van der Waals surface area (Å²) in [7, 11) is 3.26. The van der Waals surface area contributed by atoms with Crippen molar-refractivity contribution in [3.05, 3.63) is 11.3 Å². The molecule has 10 nitrogen and oxygen atoms in total.